The van der Waals surface area contributed by atoms with Crippen molar-refractivity contribution in [3.63, 3.8) is 0 Å². The molecule has 1 aliphatic heterocycles. The van der Waals surface area contributed by atoms with E-state index >= 15 is 0 Å². The van der Waals surface area contributed by atoms with Crippen LogP contribution in [0.3, 0.4) is 0 Å². The number of halogens is 3. The molecule has 9 heteroatoms. The second-order valence-corrected chi connectivity index (χ2v) is 11.7. The Labute approximate surface area is 236 Å². The van der Waals surface area contributed by atoms with E-state index in [-0.39, 0.29) is 51.2 Å². The van der Waals surface area contributed by atoms with Gasteiger partial charge in [-0.1, -0.05) is 40.9 Å². The molecule has 0 spiro atoms. The first-order valence-electron chi connectivity index (χ1n) is 12.1. The second-order valence-electron chi connectivity index (χ2n) is 10.0. The summed E-state index contributed by atoms with van der Waals surface area (Å²) in [5.41, 5.74) is 2.90. The maximum absolute atomic E-state index is 13.9. The van der Waals surface area contributed by atoms with Crippen molar-refractivity contribution in [3.8, 4) is 5.75 Å². The maximum Gasteiger partial charge on any atom is 0.238 e. The van der Waals surface area contributed by atoms with Crippen LogP contribution < -0.4 is 4.90 Å². The average molecular weight is 613 g/mol. The number of carbonyl (C=O) groups is 4. The van der Waals surface area contributed by atoms with E-state index < -0.39 is 23.7 Å². The molecule has 0 radical (unpaired) electrons. The number of hydrogen-bond donors (Lipinski definition) is 1. The minimum absolute atomic E-state index is 0.0754. The van der Waals surface area contributed by atoms with Gasteiger partial charge in [0.1, 0.15) is 5.75 Å². The number of phenols is 1. The van der Waals surface area contributed by atoms with E-state index in [0.717, 1.165) is 11.1 Å². The number of fused-ring (bicyclic) bond motifs is 3. The van der Waals surface area contributed by atoms with Gasteiger partial charge >= 0.3 is 0 Å². The van der Waals surface area contributed by atoms with Gasteiger partial charge < -0.3 is 5.11 Å². The Morgan fingerprint density at radius 3 is 2.50 bits per heavy atom. The summed E-state index contributed by atoms with van der Waals surface area (Å²) in [6.45, 7) is 1.84. The molecule has 4 atom stereocenters. The van der Waals surface area contributed by atoms with Crippen LogP contribution >= 0.6 is 39.1 Å². The number of rotatable bonds is 2. The van der Waals surface area contributed by atoms with Crippen molar-refractivity contribution in [1.29, 1.82) is 0 Å². The molecule has 0 bridgehead atoms. The van der Waals surface area contributed by atoms with Crippen LogP contribution in [0.15, 0.2) is 69.8 Å². The number of imide groups is 1. The van der Waals surface area contributed by atoms with Crippen LogP contribution in [-0.2, 0) is 19.2 Å². The Kier molecular flexibility index (Phi) is 6.02. The van der Waals surface area contributed by atoms with Crippen molar-refractivity contribution in [1.82, 2.24) is 0 Å². The van der Waals surface area contributed by atoms with E-state index in [4.69, 9.17) is 23.2 Å². The number of anilines is 1. The lowest BCUT2D eigenvalue weighted by Crippen LogP contribution is -2.39. The second kappa shape index (κ2) is 9.04. The molecule has 192 valence electrons. The summed E-state index contributed by atoms with van der Waals surface area (Å²) in [6.07, 6.45) is 3.56. The highest BCUT2D eigenvalue weighted by Crippen LogP contribution is 2.56. The molecule has 3 aliphatic carbocycles. The fourth-order valence-corrected chi connectivity index (χ4v) is 7.10. The third-order valence-electron chi connectivity index (χ3n) is 8.05. The Morgan fingerprint density at radius 1 is 1.00 bits per heavy atom. The molecule has 6 nitrogen and oxygen atoms in total. The third-order valence-corrected chi connectivity index (χ3v) is 9.28. The topological polar surface area (TPSA) is 91.8 Å². The lowest BCUT2D eigenvalue weighted by atomic mass is 9.59. The molecule has 1 N–H and O–H groups in total. The molecular formula is C29H20BrCl2NO5. The lowest BCUT2D eigenvalue weighted by molar-refractivity contribution is -0.123. The number of nitrogens with zero attached hydrogens (tertiary/aromatic N) is 1. The van der Waals surface area contributed by atoms with Gasteiger partial charge in [-0.05, 0) is 77.5 Å². The molecule has 2 aromatic rings. The van der Waals surface area contributed by atoms with Crippen LogP contribution in [0.25, 0.3) is 0 Å². The van der Waals surface area contributed by atoms with E-state index in [1.807, 2.05) is 13.0 Å². The van der Waals surface area contributed by atoms with E-state index in [1.54, 1.807) is 24.3 Å². The summed E-state index contributed by atoms with van der Waals surface area (Å²) in [5.74, 6) is -4.08. The van der Waals surface area contributed by atoms with Gasteiger partial charge in [-0.15, -0.1) is 0 Å². The summed E-state index contributed by atoms with van der Waals surface area (Å²) in [6, 6.07) is 9.63. The van der Waals surface area contributed by atoms with E-state index in [9.17, 15) is 24.3 Å². The number of Topliss-reactive ketones (excluding diaryl/α,β-unsaturated/α-hetero) is 1. The normalized spacial score (nSPS) is 26.7. The zero-order valence-electron chi connectivity index (χ0n) is 20.0. The van der Waals surface area contributed by atoms with Gasteiger partial charge in [0.05, 0.1) is 22.0 Å². The van der Waals surface area contributed by atoms with Crippen LogP contribution in [0.2, 0.25) is 10.0 Å². The number of phenolic OH excluding ortho intramolecular Hbond substituents is 1. The number of aryl methyl sites for hydroxylation is 1. The molecule has 1 fully saturated rings. The van der Waals surface area contributed by atoms with Gasteiger partial charge in [-0.25, -0.2) is 4.90 Å². The zero-order chi connectivity index (χ0) is 27.0. The van der Waals surface area contributed by atoms with Crippen molar-refractivity contribution < 1.29 is 24.3 Å². The fourth-order valence-electron chi connectivity index (χ4n) is 6.29. The summed E-state index contributed by atoms with van der Waals surface area (Å²) >= 11 is 15.8. The van der Waals surface area contributed by atoms with Crippen molar-refractivity contribution in [2.75, 3.05) is 4.90 Å². The molecule has 0 aromatic heterocycles. The summed E-state index contributed by atoms with van der Waals surface area (Å²) < 4.78 is 0.139. The first-order valence-corrected chi connectivity index (χ1v) is 13.6. The number of hydrogen-bond acceptors (Lipinski definition) is 5. The van der Waals surface area contributed by atoms with Gasteiger partial charge in [0.25, 0.3) is 0 Å². The van der Waals surface area contributed by atoms with Gasteiger partial charge in [-0.3, -0.25) is 19.2 Å². The number of allylic oxidation sites excluding steroid dienone is 6. The molecule has 1 heterocycles. The molecule has 2 amide bonds. The molecule has 4 aliphatic rings. The van der Waals surface area contributed by atoms with E-state index in [2.05, 4.69) is 15.9 Å². The largest absolute Gasteiger partial charge is 0.508 e. The third kappa shape index (κ3) is 3.67. The smallest absolute Gasteiger partial charge is 0.238 e. The minimum atomic E-state index is -0.775. The predicted molar refractivity (Wildman–Crippen MR) is 146 cm³/mol. The van der Waals surface area contributed by atoms with Gasteiger partial charge in [0, 0.05) is 38.7 Å². The maximum atomic E-state index is 13.9. The standard InChI is InChI=1S/C29H20BrCl2NO5/c1-12-2-4-14(9-21(12)32)33-28(37)16-6-5-15-17(25(16)29(33)38)10-19-26(23(35)11-20(30)27(19)36)24(15)18-8-13(31)3-7-22(18)34/h2-5,7-9,11,16-17,24-25,34H,6,10H2,1H3. The van der Waals surface area contributed by atoms with Crippen molar-refractivity contribution in [2.24, 2.45) is 17.8 Å². The Morgan fingerprint density at radius 2 is 1.76 bits per heavy atom. The SMILES string of the molecule is Cc1ccc(N2C(=O)C3CC=C4C(c5cc(Cl)ccc5O)C5=C(CC4C3C2=O)C(=O)C(Br)=CC5=O)cc1Cl. The first-order chi connectivity index (χ1) is 18.1. The highest BCUT2D eigenvalue weighted by atomic mass is 79.9. The molecule has 0 saturated carbocycles. The monoisotopic (exact) mass is 611 g/mol. The van der Waals surface area contributed by atoms with E-state index in [0.29, 0.717) is 27.7 Å². The molecule has 38 heavy (non-hydrogen) atoms. The summed E-state index contributed by atoms with van der Waals surface area (Å²) in [5, 5.41) is 11.6. The van der Waals surface area contributed by atoms with Crippen LogP contribution in [0, 0.1) is 24.7 Å². The number of amides is 2. The lowest BCUT2D eigenvalue weighted by Gasteiger charge is -2.42. The van der Waals surface area contributed by atoms with Crippen LogP contribution in [0.1, 0.15) is 29.9 Å². The van der Waals surface area contributed by atoms with Crippen molar-refractivity contribution >= 4 is 68.2 Å². The Bertz CT molecular complexity index is 1590. The number of carbonyl (C=O) groups excluding carboxylic acids is 4. The quantitative estimate of drug-likeness (QED) is 0.256. The average Bonchev–Trinajstić information content (AvgIpc) is 3.14. The highest BCUT2D eigenvalue weighted by molar-refractivity contribution is 9.12. The minimum Gasteiger partial charge on any atom is -0.508 e. The van der Waals surface area contributed by atoms with Gasteiger partial charge in [0.2, 0.25) is 11.8 Å². The Balaban J connectivity index is 1.50. The van der Waals surface area contributed by atoms with E-state index in [1.165, 1.54) is 23.1 Å². The summed E-state index contributed by atoms with van der Waals surface area (Å²) in [4.78, 5) is 55.2. The van der Waals surface area contributed by atoms with Gasteiger partial charge in [0.15, 0.2) is 11.6 Å². The molecule has 6 rings (SSSR count). The number of aromatic hydroxyl groups is 1. The fraction of sp³-hybridized carbons (Fsp3) is 0.241. The molecular weight excluding hydrogens is 593 g/mol. The van der Waals surface area contributed by atoms with Crippen molar-refractivity contribution in [2.45, 2.75) is 25.7 Å². The van der Waals surface area contributed by atoms with Gasteiger partial charge in [-0.2, -0.15) is 0 Å². The van der Waals surface area contributed by atoms with Crippen LogP contribution in [0.4, 0.5) is 5.69 Å². The first kappa shape index (κ1) is 25.3. The number of ketones is 2. The van der Waals surface area contributed by atoms with Crippen LogP contribution in [0.5, 0.6) is 5.75 Å². The Hall–Kier alpha value is -3.00. The van der Waals surface area contributed by atoms with Crippen molar-refractivity contribution in [3.05, 3.63) is 90.9 Å². The number of benzene rings is 2. The van der Waals surface area contributed by atoms with Crippen LogP contribution in [-0.4, -0.2) is 28.5 Å². The molecule has 4 unspecified atom stereocenters. The molecule has 2 aromatic carbocycles. The molecule has 1 saturated heterocycles. The zero-order valence-corrected chi connectivity index (χ0v) is 23.1. The summed E-state index contributed by atoms with van der Waals surface area (Å²) in [7, 11) is 0. The predicted octanol–water partition coefficient (Wildman–Crippen LogP) is 5.97. The highest BCUT2D eigenvalue weighted by Gasteiger charge is 2.57.